The van der Waals surface area contributed by atoms with Crippen molar-refractivity contribution < 1.29 is 4.79 Å². The predicted octanol–water partition coefficient (Wildman–Crippen LogP) is 2.09. The van der Waals surface area contributed by atoms with Crippen LogP contribution in [0.4, 0.5) is 5.69 Å². The highest BCUT2D eigenvalue weighted by Gasteiger charge is 2.20. The highest BCUT2D eigenvalue weighted by atomic mass is 79.9. The van der Waals surface area contributed by atoms with Crippen molar-refractivity contribution in [3.05, 3.63) is 27.2 Å². The van der Waals surface area contributed by atoms with Crippen molar-refractivity contribution in [2.24, 2.45) is 14.1 Å². The fraction of sp³-hybridized carbons (Fsp3) is 0.417. The molecular weight excluding hydrogens is 310 g/mol. The van der Waals surface area contributed by atoms with Gasteiger partial charge in [0.1, 0.15) is 0 Å². The van der Waals surface area contributed by atoms with Gasteiger partial charge in [-0.3, -0.25) is 14.2 Å². The molecule has 0 saturated carbocycles. The maximum Gasteiger partial charge on any atom is 0.277 e. The lowest BCUT2D eigenvalue weighted by Gasteiger charge is -2.04. The topological polar surface area (TPSA) is 64.7 Å². The van der Waals surface area contributed by atoms with E-state index in [1.807, 2.05) is 27.8 Å². The van der Waals surface area contributed by atoms with Crippen LogP contribution in [-0.2, 0) is 14.1 Å². The number of aryl methyl sites for hydroxylation is 3. The molecule has 0 aliphatic rings. The average molecular weight is 326 g/mol. The minimum atomic E-state index is -0.241. The van der Waals surface area contributed by atoms with Crippen molar-refractivity contribution in [2.75, 3.05) is 5.32 Å². The lowest BCUT2D eigenvalue weighted by atomic mass is 10.3. The molecule has 0 saturated heterocycles. The van der Waals surface area contributed by atoms with Crippen LogP contribution in [0.5, 0.6) is 0 Å². The molecule has 0 radical (unpaired) electrons. The van der Waals surface area contributed by atoms with Crippen molar-refractivity contribution in [1.29, 1.82) is 0 Å². The molecule has 19 heavy (non-hydrogen) atoms. The Labute approximate surface area is 119 Å². The van der Waals surface area contributed by atoms with Gasteiger partial charge in [-0.1, -0.05) is 0 Å². The van der Waals surface area contributed by atoms with Gasteiger partial charge in [0, 0.05) is 14.1 Å². The first-order valence-electron chi connectivity index (χ1n) is 5.83. The molecule has 0 spiro atoms. The molecule has 0 aliphatic heterocycles. The molecule has 2 heterocycles. The fourth-order valence-electron chi connectivity index (χ4n) is 1.85. The van der Waals surface area contributed by atoms with Gasteiger partial charge in [0.15, 0.2) is 5.69 Å². The number of halogens is 1. The van der Waals surface area contributed by atoms with Gasteiger partial charge in [-0.05, 0) is 36.7 Å². The number of carbonyl (C=O) groups excluding carboxylic acids is 1. The van der Waals surface area contributed by atoms with Gasteiger partial charge in [-0.15, -0.1) is 0 Å². The smallest absolute Gasteiger partial charge is 0.277 e. The molecule has 6 nitrogen and oxygen atoms in total. The molecule has 0 aliphatic carbocycles. The minimum absolute atomic E-state index is 0.241. The predicted molar refractivity (Wildman–Crippen MR) is 76.3 cm³/mol. The van der Waals surface area contributed by atoms with E-state index in [0.717, 1.165) is 22.8 Å². The number of nitrogens with one attached hydrogen (secondary N) is 1. The molecule has 1 N–H and O–H groups in total. The maximum atomic E-state index is 12.3. The third-order valence-corrected chi connectivity index (χ3v) is 4.17. The number of anilines is 1. The van der Waals surface area contributed by atoms with Crippen LogP contribution in [0.2, 0.25) is 0 Å². The van der Waals surface area contributed by atoms with Gasteiger partial charge >= 0.3 is 0 Å². The standard InChI is InChI=1S/C12H16BrN5O/c1-6-10(8(3)18(5)15-6)14-12(19)11-9(13)7(2)17(4)16-11/h1-5H3,(H,14,19). The zero-order valence-corrected chi connectivity index (χ0v) is 13.2. The van der Waals surface area contributed by atoms with Crippen molar-refractivity contribution in [1.82, 2.24) is 19.6 Å². The summed E-state index contributed by atoms with van der Waals surface area (Å²) in [6.07, 6.45) is 0. The second kappa shape index (κ2) is 4.80. The summed E-state index contributed by atoms with van der Waals surface area (Å²) in [7, 11) is 3.65. The number of amides is 1. The van der Waals surface area contributed by atoms with Crippen LogP contribution in [0.1, 0.15) is 27.6 Å². The molecule has 102 valence electrons. The van der Waals surface area contributed by atoms with Crippen LogP contribution < -0.4 is 5.32 Å². The minimum Gasteiger partial charge on any atom is -0.317 e. The van der Waals surface area contributed by atoms with Crippen molar-refractivity contribution >= 4 is 27.5 Å². The Balaban J connectivity index is 2.33. The molecule has 2 rings (SSSR count). The van der Waals surface area contributed by atoms with E-state index >= 15 is 0 Å². The van der Waals surface area contributed by atoms with Crippen molar-refractivity contribution in [2.45, 2.75) is 20.8 Å². The third kappa shape index (κ3) is 2.30. The molecule has 0 unspecified atom stereocenters. The largest absolute Gasteiger partial charge is 0.317 e. The number of aromatic nitrogens is 4. The zero-order chi connectivity index (χ0) is 14.3. The maximum absolute atomic E-state index is 12.3. The lowest BCUT2D eigenvalue weighted by molar-refractivity contribution is 0.102. The second-order valence-corrected chi connectivity index (χ2v) is 5.29. The Morgan fingerprint density at radius 1 is 1.11 bits per heavy atom. The van der Waals surface area contributed by atoms with Gasteiger partial charge in [0.25, 0.3) is 5.91 Å². The van der Waals surface area contributed by atoms with Gasteiger partial charge in [0.05, 0.1) is 27.2 Å². The van der Waals surface area contributed by atoms with Gasteiger partial charge in [-0.25, -0.2) is 0 Å². The molecule has 0 aromatic carbocycles. The molecular formula is C12H16BrN5O. The highest BCUT2D eigenvalue weighted by Crippen LogP contribution is 2.23. The Morgan fingerprint density at radius 2 is 1.68 bits per heavy atom. The van der Waals surface area contributed by atoms with Crippen molar-refractivity contribution in [3.8, 4) is 0 Å². The lowest BCUT2D eigenvalue weighted by Crippen LogP contribution is -2.14. The number of rotatable bonds is 2. The number of nitrogens with zero attached hydrogens (tertiary/aromatic N) is 4. The van der Waals surface area contributed by atoms with Gasteiger partial charge in [-0.2, -0.15) is 10.2 Å². The van der Waals surface area contributed by atoms with Gasteiger partial charge in [0.2, 0.25) is 0 Å². The van der Waals surface area contributed by atoms with E-state index in [2.05, 4.69) is 31.4 Å². The molecule has 1 amide bonds. The van der Waals surface area contributed by atoms with Crippen LogP contribution in [0.25, 0.3) is 0 Å². The molecule has 0 atom stereocenters. The van der Waals surface area contributed by atoms with E-state index in [9.17, 15) is 4.79 Å². The summed E-state index contributed by atoms with van der Waals surface area (Å²) in [6.45, 7) is 5.67. The first-order valence-corrected chi connectivity index (χ1v) is 6.62. The van der Waals surface area contributed by atoms with E-state index in [-0.39, 0.29) is 5.91 Å². The summed E-state index contributed by atoms with van der Waals surface area (Å²) in [5.41, 5.74) is 3.72. The van der Waals surface area contributed by atoms with E-state index in [1.54, 1.807) is 16.4 Å². The average Bonchev–Trinajstić information content (AvgIpc) is 2.74. The summed E-state index contributed by atoms with van der Waals surface area (Å²) >= 11 is 3.39. The van der Waals surface area contributed by atoms with Crippen LogP contribution in [-0.4, -0.2) is 25.5 Å². The van der Waals surface area contributed by atoms with Crippen molar-refractivity contribution in [3.63, 3.8) is 0 Å². The monoisotopic (exact) mass is 325 g/mol. The third-order valence-electron chi connectivity index (χ3n) is 3.22. The first kappa shape index (κ1) is 13.8. The Hall–Kier alpha value is -1.63. The van der Waals surface area contributed by atoms with Crippen LogP contribution in [0.3, 0.4) is 0 Å². The zero-order valence-electron chi connectivity index (χ0n) is 11.6. The van der Waals surface area contributed by atoms with E-state index in [1.165, 1.54) is 0 Å². The highest BCUT2D eigenvalue weighted by molar-refractivity contribution is 9.10. The number of carbonyl (C=O) groups is 1. The van der Waals surface area contributed by atoms with E-state index in [0.29, 0.717) is 10.2 Å². The Kier molecular flexibility index (Phi) is 3.49. The summed E-state index contributed by atoms with van der Waals surface area (Å²) < 4.78 is 4.12. The van der Waals surface area contributed by atoms with E-state index in [4.69, 9.17) is 0 Å². The SMILES string of the molecule is Cc1nn(C)c(C)c1NC(=O)c1nn(C)c(C)c1Br. The molecule has 2 aromatic rings. The summed E-state index contributed by atoms with van der Waals surface area (Å²) in [5, 5.41) is 11.3. The first-order chi connectivity index (χ1) is 8.82. The fourth-order valence-corrected chi connectivity index (χ4v) is 2.37. The summed E-state index contributed by atoms with van der Waals surface area (Å²) in [4.78, 5) is 12.3. The molecule has 0 bridgehead atoms. The van der Waals surface area contributed by atoms with Crippen LogP contribution in [0, 0.1) is 20.8 Å². The second-order valence-electron chi connectivity index (χ2n) is 4.50. The molecule has 2 aromatic heterocycles. The Morgan fingerprint density at radius 3 is 2.11 bits per heavy atom. The summed E-state index contributed by atoms with van der Waals surface area (Å²) in [6, 6.07) is 0. The number of hydrogen-bond acceptors (Lipinski definition) is 3. The quantitative estimate of drug-likeness (QED) is 0.919. The van der Waals surface area contributed by atoms with E-state index < -0.39 is 0 Å². The molecule has 0 fully saturated rings. The van der Waals surface area contributed by atoms with Crippen LogP contribution in [0.15, 0.2) is 4.47 Å². The van der Waals surface area contributed by atoms with Crippen LogP contribution >= 0.6 is 15.9 Å². The summed E-state index contributed by atoms with van der Waals surface area (Å²) in [5.74, 6) is -0.241. The molecule has 7 heteroatoms. The normalized spacial score (nSPS) is 10.8. The number of hydrogen-bond donors (Lipinski definition) is 1. The van der Waals surface area contributed by atoms with Gasteiger partial charge < -0.3 is 5.32 Å². The Bertz CT molecular complexity index is 656.